The average Bonchev–Trinajstić information content (AvgIpc) is 2.75. The monoisotopic (exact) mass is 329 g/mol. The van der Waals surface area contributed by atoms with Crippen LogP contribution in [0.2, 0.25) is 0 Å². The lowest BCUT2D eigenvalue weighted by atomic mass is 9.93. The van der Waals surface area contributed by atoms with Crippen LogP contribution in [-0.2, 0) is 9.53 Å². The average molecular weight is 329 g/mol. The predicted molar refractivity (Wildman–Crippen MR) is 93.5 cm³/mol. The number of hydrogen-bond acceptors (Lipinski definition) is 3. The van der Waals surface area contributed by atoms with Crippen molar-refractivity contribution in [2.75, 3.05) is 0 Å². The van der Waals surface area contributed by atoms with Crippen molar-refractivity contribution in [3.05, 3.63) is 48.2 Å². The second-order valence-electron chi connectivity index (χ2n) is 6.75. The zero-order valence-corrected chi connectivity index (χ0v) is 14.5. The number of nitrogens with zero attached hydrogens (tertiary/aromatic N) is 1. The normalized spacial score (nSPS) is 12.8. The van der Waals surface area contributed by atoms with Crippen LogP contribution in [0.3, 0.4) is 0 Å². The summed E-state index contributed by atoms with van der Waals surface area (Å²) >= 11 is 0. The Morgan fingerprint density at radius 2 is 1.96 bits per heavy atom. The van der Waals surface area contributed by atoms with Crippen molar-refractivity contribution in [1.82, 2.24) is 4.57 Å². The maximum atomic E-state index is 12.6. The molecule has 2 aromatic rings. The number of carboxylic acids is 1. The minimum absolute atomic E-state index is 0.290. The van der Waals surface area contributed by atoms with Gasteiger partial charge in [0.05, 0.1) is 11.4 Å². The van der Waals surface area contributed by atoms with Gasteiger partial charge in [-0.05, 0) is 45.7 Å². The Morgan fingerprint density at radius 3 is 2.50 bits per heavy atom. The molecule has 0 saturated carbocycles. The third-order valence-electron chi connectivity index (χ3n) is 3.79. The summed E-state index contributed by atoms with van der Waals surface area (Å²) in [4.78, 5) is 24.4. The molecular formula is C19H23NO4. The van der Waals surface area contributed by atoms with E-state index in [0.717, 1.165) is 5.39 Å². The van der Waals surface area contributed by atoms with E-state index in [1.54, 1.807) is 39.8 Å². The summed E-state index contributed by atoms with van der Waals surface area (Å²) in [6, 6.07) is 7.27. The number of allylic oxidation sites excluding steroid dienone is 1. The minimum atomic E-state index is -0.940. The highest BCUT2D eigenvalue weighted by atomic mass is 16.6. The quantitative estimate of drug-likeness (QED) is 0.840. The molecule has 1 atom stereocenters. The van der Waals surface area contributed by atoms with E-state index in [0.29, 0.717) is 23.2 Å². The molecule has 0 radical (unpaired) electrons. The molecule has 0 aliphatic rings. The predicted octanol–water partition coefficient (Wildman–Crippen LogP) is 4.48. The van der Waals surface area contributed by atoms with Crippen LogP contribution in [0.15, 0.2) is 36.9 Å². The van der Waals surface area contributed by atoms with Crippen LogP contribution in [0.25, 0.3) is 10.9 Å². The Morgan fingerprint density at radius 1 is 1.33 bits per heavy atom. The van der Waals surface area contributed by atoms with Gasteiger partial charge in [-0.25, -0.2) is 9.36 Å². The van der Waals surface area contributed by atoms with Crippen molar-refractivity contribution in [1.29, 1.82) is 0 Å². The molecule has 24 heavy (non-hydrogen) atoms. The molecular weight excluding hydrogens is 306 g/mol. The highest BCUT2D eigenvalue weighted by Gasteiger charge is 2.29. The van der Waals surface area contributed by atoms with Gasteiger partial charge in [-0.2, -0.15) is 0 Å². The largest absolute Gasteiger partial charge is 0.481 e. The van der Waals surface area contributed by atoms with E-state index in [1.165, 1.54) is 4.57 Å². The maximum Gasteiger partial charge on any atom is 0.419 e. The van der Waals surface area contributed by atoms with E-state index < -0.39 is 23.6 Å². The number of benzene rings is 1. The lowest BCUT2D eigenvalue weighted by Gasteiger charge is -2.20. The molecule has 0 amide bonds. The van der Waals surface area contributed by atoms with Gasteiger partial charge in [0.15, 0.2) is 0 Å². The number of carboxylic acid groups (broad SMARTS) is 1. The Kier molecular flexibility index (Phi) is 4.83. The number of hydrogen-bond donors (Lipinski definition) is 1. The van der Waals surface area contributed by atoms with E-state index in [1.807, 2.05) is 18.2 Å². The van der Waals surface area contributed by atoms with Crippen molar-refractivity contribution < 1.29 is 19.4 Å². The van der Waals surface area contributed by atoms with Gasteiger partial charge < -0.3 is 9.84 Å². The number of rotatable bonds is 4. The van der Waals surface area contributed by atoms with Gasteiger partial charge >= 0.3 is 12.1 Å². The fraction of sp³-hybridized carbons (Fsp3) is 0.368. The lowest BCUT2D eigenvalue weighted by Crippen LogP contribution is -2.27. The second-order valence-corrected chi connectivity index (χ2v) is 6.75. The van der Waals surface area contributed by atoms with Gasteiger partial charge in [0.25, 0.3) is 0 Å². The maximum absolute atomic E-state index is 12.6. The van der Waals surface area contributed by atoms with Crippen LogP contribution in [0.5, 0.6) is 0 Å². The van der Waals surface area contributed by atoms with Crippen LogP contribution in [0.1, 0.15) is 44.4 Å². The van der Waals surface area contributed by atoms with Gasteiger partial charge in [-0.3, -0.25) is 4.79 Å². The van der Waals surface area contributed by atoms with E-state index in [2.05, 4.69) is 6.58 Å². The molecule has 5 nitrogen and oxygen atoms in total. The number of aliphatic carboxylic acids is 1. The summed E-state index contributed by atoms with van der Waals surface area (Å²) in [6.45, 7) is 10.8. The third kappa shape index (κ3) is 3.35. The molecule has 128 valence electrons. The van der Waals surface area contributed by atoms with E-state index >= 15 is 0 Å². The SMILES string of the molecule is C=CCC(C(=O)O)c1c(C)n(C(=O)OC(C)(C)C)c2ccccc12. The van der Waals surface area contributed by atoms with Gasteiger partial charge in [-0.1, -0.05) is 24.3 Å². The summed E-state index contributed by atoms with van der Waals surface area (Å²) < 4.78 is 6.94. The fourth-order valence-electron chi connectivity index (χ4n) is 2.88. The molecule has 0 aliphatic heterocycles. The minimum Gasteiger partial charge on any atom is -0.481 e. The summed E-state index contributed by atoms with van der Waals surface area (Å²) in [7, 11) is 0. The van der Waals surface area contributed by atoms with E-state index in [9.17, 15) is 14.7 Å². The van der Waals surface area contributed by atoms with Gasteiger partial charge in [0, 0.05) is 11.1 Å². The Labute approximate surface area is 141 Å². The molecule has 0 aliphatic carbocycles. The highest BCUT2D eigenvalue weighted by Crippen LogP contribution is 2.34. The van der Waals surface area contributed by atoms with Crippen molar-refractivity contribution in [2.24, 2.45) is 0 Å². The molecule has 1 heterocycles. The number of ether oxygens (including phenoxy) is 1. The summed E-state index contributed by atoms with van der Waals surface area (Å²) in [5, 5.41) is 10.3. The summed E-state index contributed by atoms with van der Waals surface area (Å²) in [5.74, 6) is -1.69. The molecule has 0 bridgehead atoms. The molecule has 1 unspecified atom stereocenters. The smallest absolute Gasteiger partial charge is 0.419 e. The van der Waals surface area contributed by atoms with Crippen LogP contribution >= 0.6 is 0 Å². The Bertz CT molecular complexity index is 796. The molecule has 1 aromatic carbocycles. The van der Waals surface area contributed by atoms with Crippen molar-refractivity contribution in [3.63, 3.8) is 0 Å². The fourth-order valence-corrected chi connectivity index (χ4v) is 2.88. The number of fused-ring (bicyclic) bond motifs is 1. The summed E-state index contributed by atoms with van der Waals surface area (Å²) in [6.07, 6.45) is 1.36. The zero-order valence-electron chi connectivity index (χ0n) is 14.5. The van der Waals surface area contributed by atoms with Gasteiger partial charge in [-0.15, -0.1) is 6.58 Å². The van der Waals surface area contributed by atoms with Crippen molar-refractivity contribution in [2.45, 2.75) is 45.6 Å². The van der Waals surface area contributed by atoms with Crippen LogP contribution in [-0.4, -0.2) is 27.3 Å². The Hall–Kier alpha value is -2.56. The molecule has 0 saturated heterocycles. The molecule has 5 heteroatoms. The first-order chi connectivity index (χ1) is 11.2. The summed E-state index contributed by atoms with van der Waals surface area (Å²) in [5.41, 5.74) is 1.22. The highest BCUT2D eigenvalue weighted by molar-refractivity contribution is 5.96. The van der Waals surface area contributed by atoms with Gasteiger partial charge in [0.1, 0.15) is 5.60 Å². The van der Waals surface area contributed by atoms with E-state index in [-0.39, 0.29) is 0 Å². The first-order valence-electron chi connectivity index (χ1n) is 7.84. The number of para-hydroxylation sites is 1. The number of carbonyl (C=O) groups is 2. The number of carbonyl (C=O) groups excluding carboxylic acids is 1. The molecule has 0 fully saturated rings. The molecule has 1 N–H and O–H groups in total. The van der Waals surface area contributed by atoms with Gasteiger partial charge in [0.2, 0.25) is 0 Å². The van der Waals surface area contributed by atoms with Crippen molar-refractivity contribution >= 4 is 23.0 Å². The lowest BCUT2D eigenvalue weighted by molar-refractivity contribution is -0.138. The molecule has 0 spiro atoms. The van der Waals surface area contributed by atoms with Crippen LogP contribution in [0, 0.1) is 6.92 Å². The first kappa shape index (κ1) is 17.8. The third-order valence-corrected chi connectivity index (χ3v) is 3.79. The first-order valence-corrected chi connectivity index (χ1v) is 7.84. The second kappa shape index (κ2) is 6.51. The standard InChI is InChI=1S/C19H23NO4/c1-6-9-14(17(21)22)16-12(2)20(18(23)24-19(3,4)5)15-11-8-7-10-13(15)16/h6-8,10-11,14H,1,9H2,2-5H3,(H,21,22). The van der Waals surface area contributed by atoms with E-state index in [4.69, 9.17) is 4.74 Å². The zero-order chi connectivity index (χ0) is 18.1. The molecule has 2 rings (SSSR count). The number of aromatic nitrogens is 1. The van der Waals surface area contributed by atoms with Crippen molar-refractivity contribution in [3.8, 4) is 0 Å². The van der Waals surface area contributed by atoms with Crippen LogP contribution < -0.4 is 0 Å². The van der Waals surface area contributed by atoms with Crippen LogP contribution in [0.4, 0.5) is 4.79 Å². The molecule has 1 aromatic heterocycles. The Balaban J connectivity index is 2.70. The topological polar surface area (TPSA) is 68.5 Å².